The van der Waals surface area contributed by atoms with Crippen LogP contribution in [-0.4, -0.2) is 69.8 Å². The van der Waals surface area contributed by atoms with Gasteiger partial charge in [-0.3, -0.25) is 4.79 Å². The van der Waals surface area contributed by atoms with E-state index in [0.717, 1.165) is 13.1 Å². The molecule has 0 amide bonds. The molecule has 3 rings (SSSR count). The Morgan fingerprint density at radius 2 is 1.85 bits per heavy atom. The maximum absolute atomic E-state index is 13.4. The van der Waals surface area contributed by atoms with Crippen LogP contribution in [0.3, 0.4) is 0 Å². The zero-order chi connectivity index (χ0) is 18.9. The summed E-state index contributed by atoms with van der Waals surface area (Å²) in [6.45, 7) is 3.72. The summed E-state index contributed by atoms with van der Waals surface area (Å²) < 4.78 is 33.2. The summed E-state index contributed by atoms with van der Waals surface area (Å²) in [6.07, 6.45) is 1.83. The highest BCUT2D eigenvalue weighted by molar-refractivity contribution is 7.92. The molecular formula is C19H28N2O4S. The van der Waals surface area contributed by atoms with Crippen LogP contribution in [0.1, 0.15) is 36.5 Å². The third-order valence-corrected chi connectivity index (χ3v) is 7.75. The summed E-state index contributed by atoms with van der Waals surface area (Å²) in [6, 6.07) is 6.30. The molecule has 1 aromatic rings. The Kier molecular flexibility index (Phi) is 5.53. The number of Topliss-reactive ketones (excluding diaryl/α,β-unsaturated/α-hetero) is 1. The zero-order valence-corrected chi connectivity index (χ0v) is 16.5. The molecule has 2 aliphatic heterocycles. The third-order valence-electron chi connectivity index (χ3n) is 5.45. The standard InChI is InChI=1S/C19H28N2O4S/c1-14(22)15-4-6-17(7-5-15)26(23,24)18-12-16(13-21(2)3)25-19(18)8-10-20-11-9-19/h4-7,16,18,20H,8-13H2,1-3H3. The summed E-state index contributed by atoms with van der Waals surface area (Å²) >= 11 is 0. The first-order valence-corrected chi connectivity index (χ1v) is 10.7. The molecule has 2 unspecified atom stereocenters. The lowest BCUT2D eigenvalue weighted by Gasteiger charge is -2.38. The number of likely N-dealkylation sites (N-methyl/N-ethyl adjacent to an activating group) is 1. The lowest BCUT2D eigenvalue weighted by Crippen LogP contribution is -2.51. The van der Waals surface area contributed by atoms with Gasteiger partial charge in [0.1, 0.15) is 0 Å². The minimum Gasteiger partial charge on any atom is -0.369 e. The third kappa shape index (κ3) is 3.71. The van der Waals surface area contributed by atoms with Crippen molar-refractivity contribution in [2.24, 2.45) is 0 Å². The Labute approximate surface area is 155 Å². The molecule has 144 valence electrons. The van der Waals surface area contributed by atoms with E-state index in [4.69, 9.17) is 4.74 Å². The second-order valence-electron chi connectivity index (χ2n) is 7.67. The number of hydrogen-bond acceptors (Lipinski definition) is 6. The average molecular weight is 381 g/mol. The highest BCUT2D eigenvalue weighted by Crippen LogP contribution is 2.43. The van der Waals surface area contributed by atoms with Crippen LogP contribution in [0, 0.1) is 0 Å². The van der Waals surface area contributed by atoms with Gasteiger partial charge in [-0.05, 0) is 65.5 Å². The molecule has 7 heteroatoms. The Balaban J connectivity index is 1.93. The van der Waals surface area contributed by atoms with Gasteiger partial charge >= 0.3 is 0 Å². The molecule has 6 nitrogen and oxygen atoms in total. The summed E-state index contributed by atoms with van der Waals surface area (Å²) in [4.78, 5) is 13.8. The van der Waals surface area contributed by atoms with Crippen molar-refractivity contribution in [1.29, 1.82) is 0 Å². The van der Waals surface area contributed by atoms with Crippen molar-refractivity contribution in [2.75, 3.05) is 33.7 Å². The molecule has 0 bridgehead atoms. The first kappa shape index (κ1) is 19.5. The fourth-order valence-electron chi connectivity index (χ4n) is 4.17. The molecule has 0 radical (unpaired) electrons. The van der Waals surface area contributed by atoms with Gasteiger partial charge in [0.2, 0.25) is 0 Å². The smallest absolute Gasteiger partial charge is 0.184 e. The summed E-state index contributed by atoms with van der Waals surface area (Å²) in [5, 5.41) is 2.75. The molecule has 1 spiro atoms. The van der Waals surface area contributed by atoms with Crippen molar-refractivity contribution >= 4 is 15.6 Å². The van der Waals surface area contributed by atoms with E-state index in [1.165, 1.54) is 6.92 Å². The number of benzene rings is 1. The van der Waals surface area contributed by atoms with Crippen molar-refractivity contribution in [2.45, 2.75) is 48.0 Å². The maximum atomic E-state index is 13.4. The van der Waals surface area contributed by atoms with E-state index in [9.17, 15) is 13.2 Å². The van der Waals surface area contributed by atoms with Crippen LogP contribution in [0.15, 0.2) is 29.2 Å². The highest BCUT2D eigenvalue weighted by Gasteiger charge is 2.54. The molecule has 2 saturated heterocycles. The Morgan fingerprint density at radius 3 is 2.38 bits per heavy atom. The van der Waals surface area contributed by atoms with Gasteiger partial charge in [-0.15, -0.1) is 0 Å². The number of piperidine rings is 1. The van der Waals surface area contributed by atoms with Gasteiger partial charge in [0.15, 0.2) is 15.6 Å². The van der Waals surface area contributed by atoms with Crippen LogP contribution < -0.4 is 5.32 Å². The number of hydrogen-bond donors (Lipinski definition) is 1. The molecule has 2 heterocycles. The van der Waals surface area contributed by atoms with Crippen LogP contribution in [-0.2, 0) is 14.6 Å². The number of carbonyl (C=O) groups excluding carboxylic acids is 1. The van der Waals surface area contributed by atoms with E-state index in [1.54, 1.807) is 24.3 Å². The number of carbonyl (C=O) groups is 1. The fraction of sp³-hybridized carbons (Fsp3) is 0.632. The molecule has 0 saturated carbocycles. The second-order valence-corrected chi connectivity index (χ2v) is 9.80. The number of nitrogens with one attached hydrogen (secondary N) is 1. The molecular weight excluding hydrogens is 352 g/mol. The molecule has 2 atom stereocenters. The fourth-order valence-corrected chi connectivity index (χ4v) is 6.34. The average Bonchev–Trinajstić information content (AvgIpc) is 2.93. The number of ketones is 1. The molecule has 0 aromatic heterocycles. The van der Waals surface area contributed by atoms with Crippen molar-refractivity contribution in [1.82, 2.24) is 10.2 Å². The largest absolute Gasteiger partial charge is 0.369 e. The monoisotopic (exact) mass is 380 g/mol. The van der Waals surface area contributed by atoms with Gasteiger partial charge in [0.25, 0.3) is 0 Å². The Morgan fingerprint density at radius 1 is 1.23 bits per heavy atom. The quantitative estimate of drug-likeness (QED) is 0.781. The normalized spacial score (nSPS) is 25.7. The zero-order valence-electron chi connectivity index (χ0n) is 15.7. The SMILES string of the molecule is CC(=O)c1ccc(S(=O)(=O)C2CC(CN(C)C)OC23CCNCC3)cc1. The molecule has 1 N–H and O–H groups in total. The lowest BCUT2D eigenvalue weighted by molar-refractivity contribution is -0.0634. The van der Waals surface area contributed by atoms with Crippen LogP contribution in [0.2, 0.25) is 0 Å². The molecule has 2 fully saturated rings. The molecule has 26 heavy (non-hydrogen) atoms. The number of rotatable bonds is 5. The minimum atomic E-state index is -3.54. The number of nitrogens with zero attached hydrogens (tertiary/aromatic N) is 1. The van der Waals surface area contributed by atoms with E-state index in [2.05, 4.69) is 5.32 Å². The van der Waals surface area contributed by atoms with Gasteiger partial charge in [0, 0.05) is 12.1 Å². The summed E-state index contributed by atoms with van der Waals surface area (Å²) in [5.74, 6) is -0.0704. The van der Waals surface area contributed by atoms with Crippen LogP contribution in [0.5, 0.6) is 0 Å². The van der Waals surface area contributed by atoms with Gasteiger partial charge in [-0.1, -0.05) is 12.1 Å². The highest BCUT2D eigenvalue weighted by atomic mass is 32.2. The lowest BCUT2D eigenvalue weighted by atomic mass is 9.89. The predicted molar refractivity (Wildman–Crippen MR) is 100 cm³/mol. The molecule has 0 aliphatic carbocycles. The van der Waals surface area contributed by atoms with Gasteiger partial charge in [-0.25, -0.2) is 8.42 Å². The maximum Gasteiger partial charge on any atom is 0.184 e. The van der Waals surface area contributed by atoms with E-state index in [-0.39, 0.29) is 16.8 Å². The summed E-state index contributed by atoms with van der Waals surface area (Å²) in [5.41, 5.74) is -0.0991. The minimum absolute atomic E-state index is 0.0704. The predicted octanol–water partition coefficient (Wildman–Crippen LogP) is 1.50. The van der Waals surface area contributed by atoms with E-state index >= 15 is 0 Å². The van der Waals surface area contributed by atoms with Crippen molar-refractivity contribution in [3.8, 4) is 0 Å². The van der Waals surface area contributed by atoms with Gasteiger partial charge in [0.05, 0.1) is 21.9 Å². The van der Waals surface area contributed by atoms with Gasteiger partial charge < -0.3 is 15.0 Å². The number of sulfone groups is 1. The Bertz CT molecular complexity index is 752. The topological polar surface area (TPSA) is 75.7 Å². The number of ether oxygens (including phenoxy) is 1. The van der Waals surface area contributed by atoms with Crippen LogP contribution >= 0.6 is 0 Å². The second kappa shape index (κ2) is 7.38. The molecule has 1 aromatic carbocycles. The first-order valence-electron chi connectivity index (χ1n) is 9.13. The van der Waals surface area contributed by atoms with Crippen LogP contribution in [0.25, 0.3) is 0 Å². The van der Waals surface area contributed by atoms with Crippen molar-refractivity contribution in [3.05, 3.63) is 29.8 Å². The first-order chi connectivity index (χ1) is 12.2. The van der Waals surface area contributed by atoms with Gasteiger partial charge in [-0.2, -0.15) is 0 Å². The molecule has 2 aliphatic rings. The van der Waals surface area contributed by atoms with E-state index in [1.807, 2.05) is 19.0 Å². The van der Waals surface area contributed by atoms with Crippen LogP contribution in [0.4, 0.5) is 0 Å². The van der Waals surface area contributed by atoms with Crippen molar-refractivity contribution in [3.63, 3.8) is 0 Å². The Hall–Kier alpha value is -1.28. The van der Waals surface area contributed by atoms with E-state index < -0.39 is 20.7 Å². The summed E-state index contributed by atoms with van der Waals surface area (Å²) in [7, 11) is 0.405. The van der Waals surface area contributed by atoms with E-state index in [0.29, 0.717) is 31.4 Å². The van der Waals surface area contributed by atoms with Crippen molar-refractivity contribution < 1.29 is 17.9 Å².